The largest absolute Gasteiger partial charge is 0.475 e. The van der Waals surface area contributed by atoms with E-state index in [0.717, 1.165) is 6.42 Å². The van der Waals surface area contributed by atoms with E-state index in [1.807, 2.05) is 6.92 Å². The van der Waals surface area contributed by atoms with Crippen LogP contribution in [0.4, 0.5) is 4.39 Å². The van der Waals surface area contributed by atoms with Gasteiger partial charge in [0.25, 0.3) is 0 Å². The molecule has 1 aromatic heterocycles. The molecule has 2 aliphatic heterocycles. The Labute approximate surface area is 146 Å². The summed E-state index contributed by atoms with van der Waals surface area (Å²) in [7, 11) is -3.29. The highest BCUT2D eigenvalue weighted by atomic mass is 32.2. The second kappa shape index (κ2) is 5.65. The van der Waals surface area contributed by atoms with Gasteiger partial charge in [0, 0.05) is 31.1 Å². The maximum absolute atomic E-state index is 13.6. The Balaban J connectivity index is 1.46. The number of likely N-dealkylation sites (tertiary alicyclic amines) is 1. The third-order valence-electron chi connectivity index (χ3n) is 5.90. The first-order valence-corrected chi connectivity index (χ1v) is 10.2. The first-order chi connectivity index (χ1) is 11.8. The van der Waals surface area contributed by atoms with Gasteiger partial charge in [-0.05, 0) is 30.9 Å². The quantitative estimate of drug-likeness (QED) is 0.800. The van der Waals surface area contributed by atoms with Gasteiger partial charge in [-0.1, -0.05) is 6.92 Å². The first-order valence-electron chi connectivity index (χ1n) is 8.58. The molecule has 1 spiro atoms. The van der Waals surface area contributed by atoms with Crippen LogP contribution in [0.3, 0.4) is 0 Å². The highest BCUT2D eigenvalue weighted by Crippen LogP contribution is 2.47. The molecule has 1 aliphatic carbocycles. The average molecular weight is 368 g/mol. The van der Waals surface area contributed by atoms with E-state index in [1.165, 1.54) is 18.3 Å². The van der Waals surface area contributed by atoms with Crippen LogP contribution in [0.15, 0.2) is 18.3 Å². The second-order valence-electron chi connectivity index (χ2n) is 7.48. The predicted molar refractivity (Wildman–Crippen MR) is 88.2 cm³/mol. The lowest BCUT2D eigenvalue weighted by atomic mass is 9.83. The normalized spacial score (nSPS) is 31.6. The minimum absolute atomic E-state index is 0.0544. The second-order valence-corrected chi connectivity index (χ2v) is 9.94. The summed E-state index contributed by atoms with van der Waals surface area (Å²) in [5.74, 6) is -0.316. The molecule has 0 radical (unpaired) electrons. The topological polar surface area (TPSA) is 76.6 Å². The monoisotopic (exact) mass is 368 g/mol. The van der Waals surface area contributed by atoms with Crippen molar-refractivity contribution in [1.29, 1.82) is 0 Å². The van der Waals surface area contributed by atoms with Crippen molar-refractivity contribution >= 4 is 15.7 Å². The molecule has 0 aromatic carbocycles. The molecular formula is C17H21FN2O4S. The van der Waals surface area contributed by atoms with Crippen LogP contribution in [-0.4, -0.2) is 54.4 Å². The number of ether oxygens (including phenoxy) is 1. The Kier molecular flexibility index (Phi) is 3.79. The molecule has 3 fully saturated rings. The molecule has 0 unspecified atom stereocenters. The minimum Gasteiger partial charge on any atom is -0.475 e. The van der Waals surface area contributed by atoms with Crippen molar-refractivity contribution < 1.29 is 22.3 Å². The Morgan fingerprint density at radius 2 is 2.20 bits per heavy atom. The van der Waals surface area contributed by atoms with Crippen molar-refractivity contribution in [3.05, 3.63) is 24.1 Å². The van der Waals surface area contributed by atoms with Gasteiger partial charge in [0.2, 0.25) is 11.8 Å². The fraction of sp³-hybridized carbons (Fsp3) is 0.647. The van der Waals surface area contributed by atoms with Crippen molar-refractivity contribution in [1.82, 2.24) is 9.88 Å². The molecule has 25 heavy (non-hydrogen) atoms. The summed E-state index contributed by atoms with van der Waals surface area (Å²) >= 11 is 0. The van der Waals surface area contributed by atoms with Gasteiger partial charge in [-0.25, -0.2) is 17.8 Å². The van der Waals surface area contributed by atoms with Crippen molar-refractivity contribution in [3.63, 3.8) is 0 Å². The van der Waals surface area contributed by atoms with Crippen molar-refractivity contribution in [2.75, 3.05) is 25.4 Å². The van der Waals surface area contributed by atoms with Gasteiger partial charge in [-0.2, -0.15) is 0 Å². The summed E-state index contributed by atoms with van der Waals surface area (Å²) in [6.07, 6.45) is 2.79. The number of halogens is 1. The van der Waals surface area contributed by atoms with Crippen molar-refractivity contribution in [2.45, 2.75) is 24.5 Å². The van der Waals surface area contributed by atoms with Crippen LogP contribution in [0.5, 0.6) is 5.88 Å². The summed E-state index contributed by atoms with van der Waals surface area (Å²) in [5, 5.41) is 0. The zero-order valence-corrected chi connectivity index (χ0v) is 14.8. The average Bonchev–Trinajstić information content (AvgIpc) is 3.19. The van der Waals surface area contributed by atoms with Crippen LogP contribution in [0, 0.1) is 23.6 Å². The summed E-state index contributed by atoms with van der Waals surface area (Å²) in [6, 6.07) is 2.72. The predicted octanol–water partition coefficient (Wildman–Crippen LogP) is 1.27. The molecule has 3 atom stereocenters. The van der Waals surface area contributed by atoms with E-state index in [1.54, 1.807) is 4.90 Å². The zero-order valence-electron chi connectivity index (χ0n) is 14.0. The summed E-state index contributed by atoms with van der Waals surface area (Å²) in [5.41, 5.74) is 0. The Bertz CT molecular complexity index is 807. The van der Waals surface area contributed by atoms with Gasteiger partial charge in [-0.15, -0.1) is 0 Å². The molecule has 1 aromatic rings. The fourth-order valence-corrected chi connectivity index (χ4v) is 6.42. The number of carbonyl (C=O) groups excluding carboxylic acids is 1. The Morgan fingerprint density at radius 1 is 1.48 bits per heavy atom. The van der Waals surface area contributed by atoms with E-state index < -0.39 is 20.4 Å². The van der Waals surface area contributed by atoms with E-state index >= 15 is 0 Å². The summed E-state index contributed by atoms with van der Waals surface area (Å²) in [6.45, 7) is 2.59. The zero-order chi connectivity index (χ0) is 17.8. The molecule has 8 heteroatoms. The SMILES string of the molecule is C[C@@H]1C[C@@H]1C(=O)N1CC2(C1)[C@H](COc1ncccc1F)CCS2(=O)=O. The number of nitrogens with zero attached hydrogens (tertiary/aromatic N) is 2. The molecule has 3 heterocycles. The van der Waals surface area contributed by atoms with E-state index in [0.29, 0.717) is 12.3 Å². The molecule has 0 bridgehead atoms. The summed E-state index contributed by atoms with van der Waals surface area (Å²) < 4.78 is 43.3. The van der Waals surface area contributed by atoms with Gasteiger partial charge in [0.05, 0.1) is 12.4 Å². The maximum atomic E-state index is 13.6. The lowest BCUT2D eigenvalue weighted by molar-refractivity contribution is -0.139. The smallest absolute Gasteiger partial charge is 0.250 e. The number of sulfone groups is 1. The molecular weight excluding hydrogens is 347 g/mol. The van der Waals surface area contributed by atoms with Gasteiger partial charge in [0.15, 0.2) is 15.7 Å². The third kappa shape index (κ3) is 2.61. The third-order valence-corrected chi connectivity index (χ3v) is 8.50. The Morgan fingerprint density at radius 3 is 2.84 bits per heavy atom. The highest BCUT2D eigenvalue weighted by Gasteiger charge is 2.63. The number of hydrogen-bond donors (Lipinski definition) is 0. The lowest BCUT2D eigenvalue weighted by Gasteiger charge is -2.50. The number of pyridine rings is 1. The molecule has 2 saturated heterocycles. The van der Waals surface area contributed by atoms with Gasteiger partial charge >= 0.3 is 0 Å². The van der Waals surface area contributed by atoms with Crippen LogP contribution in [-0.2, 0) is 14.6 Å². The molecule has 3 aliphatic rings. The van der Waals surface area contributed by atoms with Gasteiger partial charge in [0.1, 0.15) is 4.75 Å². The van der Waals surface area contributed by atoms with E-state index in [-0.39, 0.29) is 49.1 Å². The molecule has 1 amide bonds. The van der Waals surface area contributed by atoms with E-state index in [4.69, 9.17) is 4.74 Å². The van der Waals surface area contributed by atoms with Crippen molar-refractivity contribution in [2.24, 2.45) is 17.8 Å². The van der Waals surface area contributed by atoms with E-state index in [2.05, 4.69) is 4.98 Å². The first kappa shape index (κ1) is 16.8. The standard InChI is InChI=1S/C17H21FN2O4S/c1-11-7-13(11)16(21)20-9-17(10-20)12(4-6-25(17,22)23)8-24-15-14(18)3-2-5-19-15/h2-3,5,11-13H,4,6-10H2,1H3/t11-,12+,13+/m1/s1. The maximum Gasteiger partial charge on any atom is 0.250 e. The van der Waals surface area contributed by atoms with Crippen LogP contribution in [0.2, 0.25) is 0 Å². The van der Waals surface area contributed by atoms with Crippen LogP contribution < -0.4 is 4.74 Å². The highest BCUT2D eigenvalue weighted by molar-refractivity contribution is 7.93. The number of hydrogen-bond acceptors (Lipinski definition) is 5. The minimum atomic E-state index is -3.29. The number of aromatic nitrogens is 1. The fourth-order valence-electron chi connectivity index (χ4n) is 4.02. The number of amides is 1. The van der Waals surface area contributed by atoms with Gasteiger partial charge < -0.3 is 9.64 Å². The summed E-state index contributed by atoms with van der Waals surface area (Å²) in [4.78, 5) is 17.8. The van der Waals surface area contributed by atoms with E-state index in [9.17, 15) is 17.6 Å². The molecule has 0 N–H and O–H groups in total. The number of rotatable bonds is 4. The lowest BCUT2D eigenvalue weighted by Crippen LogP contribution is -2.69. The number of carbonyl (C=O) groups is 1. The van der Waals surface area contributed by atoms with Crippen LogP contribution in [0.25, 0.3) is 0 Å². The van der Waals surface area contributed by atoms with Crippen LogP contribution >= 0.6 is 0 Å². The molecule has 136 valence electrons. The van der Waals surface area contributed by atoms with Gasteiger partial charge in [-0.3, -0.25) is 4.79 Å². The molecule has 6 nitrogen and oxygen atoms in total. The van der Waals surface area contributed by atoms with Crippen LogP contribution in [0.1, 0.15) is 19.8 Å². The van der Waals surface area contributed by atoms with Crippen molar-refractivity contribution in [3.8, 4) is 5.88 Å². The molecule has 4 rings (SSSR count). The molecule has 1 saturated carbocycles. The Hall–Kier alpha value is -1.70.